The molecule has 0 bridgehead atoms. The minimum atomic E-state index is -0.802. The molecule has 0 fully saturated rings. The van der Waals surface area contributed by atoms with Crippen molar-refractivity contribution in [3.05, 3.63) is 36.4 Å². The number of pyridine rings is 1. The number of carbonyl (C=O) groups is 1. The minimum absolute atomic E-state index is 0.108. The van der Waals surface area contributed by atoms with E-state index in [9.17, 15) is 4.79 Å². The van der Waals surface area contributed by atoms with Gasteiger partial charge in [0.1, 0.15) is 6.61 Å². The van der Waals surface area contributed by atoms with Crippen LogP contribution in [0.5, 0.6) is 17.4 Å². The van der Waals surface area contributed by atoms with E-state index in [2.05, 4.69) is 4.98 Å². The molecule has 3 rings (SSSR count). The summed E-state index contributed by atoms with van der Waals surface area (Å²) in [5, 5.41) is 0. The van der Waals surface area contributed by atoms with Crippen LogP contribution in [-0.2, 0) is 4.79 Å². The smallest absolute Gasteiger partial charge is 0.262 e. The van der Waals surface area contributed by atoms with Gasteiger partial charge in [0, 0.05) is 11.6 Å². The summed E-state index contributed by atoms with van der Waals surface area (Å²) in [6.07, 6.45) is -0.802. The lowest BCUT2D eigenvalue weighted by atomic mass is 10.1. The van der Waals surface area contributed by atoms with Crippen molar-refractivity contribution in [2.75, 3.05) is 13.7 Å². The van der Waals surface area contributed by atoms with Crippen LogP contribution >= 0.6 is 0 Å². The van der Waals surface area contributed by atoms with Crippen molar-refractivity contribution >= 4 is 5.91 Å². The summed E-state index contributed by atoms with van der Waals surface area (Å²) in [5.74, 6) is 0.963. The molecule has 2 aromatic rings. The monoisotopic (exact) mass is 286 g/mol. The van der Waals surface area contributed by atoms with E-state index in [0.29, 0.717) is 23.1 Å². The van der Waals surface area contributed by atoms with Crippen molar-refractivity contribution in [3.63, 3.8) is 0 Å². The number of nitrogens with zero attached hydrogens (tertiary/aromatic N) is 1. The molecule has 1 aliphatic heterocycles. The van der Waals surface area contributed by atoms with E-state index < -0.39 is 12.0 Å². The first-order valence-corrected chi connectivity index (χ1v) is 6.42. The first-order valence-electron chi connectivity index (χ1n) is 6.42. The van der Waals surface area contributed by atoms with E-state index in [1.165, 1.54) is 0 Å². The summed E-state index contributed by atoms with van der Waals surface area (Å²) in [6, 6.07) is 10.9. The third-order valence-corrected chi connectivity index (χ3v) is 3.16. The highest BCUT2D eigenvalue weighted by molar-refractivity contribution is 5.81. The fourth-order valence-corrected chi connectivity index (χ4v) is 2.11. The molecule has 1 atom stereocenters. The number of fused-ring (bicyclic) bond motifs is 1. The fourth-order valence-electron chi connectivity index (χ4n) is 2.11. The fraction of sp³-hybridized carbons (Fsp3) is 0.200. The number of amides is 1. The molecule has 0 saturated carbocycles. The van der Waals surface area contributed by atoms with Crippen LogP contribution < -0.4 is 19.9 Å². The van der Waals surface area contributed by atoms with Crippen LogP contribution in [0.15, 0.2) is 36.4 Å². The Morgan fingerprint density at radius 1 is 1.33 bits per heavy atom. The number of rotatable bonds is 3. The van der Waals surface area contributed by atoms with Gasteiger partial charge in [-0.25, -0.2) is 4.98 Å². The van der Waals surface area contributed by atoms with Crippen molar-refractivity contribution in [2.45, 2.75) is 6.10 Å². The molecule has 1 aromatic heterocycles. The number of benzene rings is 1. The zero-order chi connectivity index (χ0) is 14.8. The number of carbonyl (C=O) groups excluding carboxylic acids is 1. The third-order valence-electron chi connectivity index (χ3n) is 3.16. The molecule has 0 aliphatic carbocycles. The second kappa shape index (κ2) is 5.32. The van der Waals surface area contributed by atoms with Gasteiger partial charge in [0.2, 0.25) is 12.0 Å². The highest BCUT2D eigenvalue weighted by Crippen LogP contribution is 2.40. The van der Waals surface area contributed by atoms with E-state index in [0.717, 1.165) is 5.56 Å². The second-order valence-corrected chi connectivity index (χ2v) is 4.52. The Balaban J connectivity index is 2.06. The molecule has 0 saturated heterocycles. The van der Waals surface area contributed by atoms with Gasteiger partial charge < -0.3 is 19.9 Å². The molecule has 0 unspecified atom stereocenters. The molecular formula is C15H14N2O4. The molecule has 0 radical (unpaired) electrons. The van der Waals surface area contributed by atoms with Crippen LogP contribution in [0.3, 0.4) is 0 Å². The summed E-state index contributed by atoms with van der Waals surface area (Å²) < 4.78 is 16.3. The topological polar surface area (TPSA) is 83.7 Å². The van der Waals surface area contributed by atoms with Gasteiger partial charge in [-0.3, -0.25) is 4.79 Å². The molecule has 0 spiro atoms. The average Bonchev–Trinajstić information content (AvgIpc) is 2.53. The number of methoxy groups -OCH3 is 1. The van der Waals surface area contributed by atoms with Gasteiger partial charge in [-0.15, -0.1) is 0 Å². The Labute approximate surface area is 121 Å². The summed E-state index contributed by atoms with van der Waals surface area (Å²) in [6.45, 7) is 0.108. The lowest BCUT2D eigenvalue weighted by Crippen LogP contribution is -2.41. The van der Waals surface area contributed by atoms with Crippen molar-refractivity contribution in [2.24, 2.45) is 5.73 Å². The van der Waals surface area contributed by atoms with Crippen molar-refractivity contribution in [1.82, 2.24) is 4.98 Å². The maximum Gasteiger partial charge on any atom is 0.262 e. The Kier molecular flexibility index (Phi) is 3.35. The van der Waals surface area contributed by atoms with Gasteiger partial charge in [0.25, 0.3) is 5.91 Å². The van der Waals surface area contributed by atoms with Crippen molar-refractivity contribution < 1.29 is 19.0 Å². The molecule has 1 amide bonds. The summed E-state index contributed by atoms with van der Waals surface area (Å²) in [5.41, 5.74) is 6.67. The molecule has 2 N–H and O–H groups in total. The lowest BCUT2D eigenvalue weighted by Gasteiger charge is -2.26. The number of hydrogen-bond acceptors (Lipinski definition) is 5. The van der Waals surface area contributed by atoms with Crippen LogP contribution in [0, 0.1) is 0 Å². The Morgan fingerprint density at radius 3 is 2.90 bits per heavy atom. The average molecular weight is 286 g/mol. The van der Waals surface area contributed by atoms with Gasteiger partial charge in [-0.2, -0.15) is 0 Å². The highest BCUT2D eigenvalue weighted by atomic mass is 16.6. The zero-order valence-electron chi connectivity index (χ0n) is 11.4. The van der Waals surface area contributed by atoms with Gasteiger partial charge in [-0.05, 0) is 18.2 Å². The summed E-state index contributed by atoms with van der Waals surface area (Å²) in [4.78, 5) is 15.7. The van der Waals surface area contributed by atoms with Crippen LogP contribution in [0.25, 0.3) is 11.3 Å². The normalized spacial score (nSPS) is 16.3. The van der Waals surface area contributed by atoms with Gasteiger partial charge in [-0.1, -0.05) is 12.1 Å². The maximum absolute atomic E-state index is 11.3. The van der Waals surface area contributed by atoms with Crippen LogP contribution in [0.4, 0.5) is 0 Å². The molecule has 108 valence electrons. The van der Waals surface area contributed by atoms with E-state index >= 15 is 0 Å². The quantitative estimate of drug-likeness (QED) is 0.921. The first kappa shape index (κ1) is 13.2. The molecular weight excluding hydrogens is 272 g/mol. The van der Waals surface area contributed by atoms with Crippen molar-refractivity contribution in [3.8, 4) is 28.6 Å². The SMILES string of the molecule is COc1cccc(-c2cccc3c2O[C@H](C(N)=O)CO3)n1. The Hall–Kier alpha value is -2.76. The predicted octanol–water partition coefficient (Wildman–Crippen LogP) is 1.38. The third kappa shape index (κ3) is 2.47. The first-order chi connectivity index (χ1) is 10.2. The maximum atomic E-state index is 11.3. The summed E-state index contributed by atoms with van der Waals surface area (Å²) in [7, 11) is 1.55. The number of nitrogens with two attached hydrogens (primary N) is 1. The largest absolute Gasteiger partial charge is 0.485 e. The minimum Gasteiger partial charge on any atom is -0.485 e. The Bertz CT molecular complexity index is 687. The van der Waals surface area contributed by atoms with E-state index in [1.807, 2.05) is 24.3 Å². The number of aromatic nitrogens is 1. The number of para-hydroxylation sites is 1. The number of ether oxygens (including phenoxy) is 3. The van der Waals surface area contributed by atoms with Crippen LogP contribution in [0.2, 0.25) is 0 Å². The zero-order valence-corrected chi connectivity index (χ0v) is 11.4. The molecule has 6 nitrogen and oxygen atoms in total. The molecule has 6 heteroatoms. The molecule has 21 heavy (non-hydrogen) atoms. The van der Waals surface area contributed by atoms with Gasteiger partial charge in [0.15, 0.2) is 11.5 Å². The molecule has 1 aromatic carbocycles. The molecule has 2 heterocycles. The lowest BCUT2D eigenvalue weighted by molar-refractivity contribution is -0.126. The molecule has 1 aliphatic rings. The van der Waals surface area contributed by atoms with Gasteiger partial charge >= 0.3 is 0 Å². The predicted molar refractivity (Wildman–Crippen MR) is 75.3 cm³/mol. The number of primary amides is 1. The van der Waals surface area contributed by atoms with Gasteiger partial charge in [0.05, 0.1) is 12.8 Å². The number of hydrogen-bond donors (Lipinski definition) is 1. The standard InChI is InChI=1S/C15H14N2O4/c1-19-13-7-3-5-10(17-13)9-4-2-6-11-14(9)21-12(8-20-11)15(16)18/h2-7,12H,8H2,1H3,(H2,16,18)/t12-/m0/s1. The van der Waals surface area contributed by atoms with Crippen molar-refractivity contribution in [1.29, 1.82) is 0 Å². The van der Waals surface area contributed by atoms with E-state index in [4.69, 9.17) is 19.9 Å². The van der Waals surface area contributed by atoms with E-state index in [-0.39, 0.29) is 6.61 Å². The second-order valence-electron chi connectivity index (χ2n) is 4.52. The van der Waals surface area contributed by atoms with E-state index in [1.54, 1.807) is 19.2 Å². The highest BCUT2D eigenvalue weighted by Gasteiger charge is 2.28. The Morgan fingerprint density at radius 2 is 2.14 bits per heavy atom. The van der Waals surface area contributed by atoms with Crippen LogP contribution in [-0.4, -0.2) is 30.7 Å². The van der Waals surface area contributed by atoms with Crippen LogP contribution in [0.1, 0.15) is 0 Å². The summed E-state index contributed by atoms with van der Waals surface area (Å²) >= 11 is 0.